The maximum absolute atomic E-state index is 10.8. The molecule has 1 amide bonds. The van der Waals surface area contributed by atoms with E-state index in [9.17, 15) is 9.59 Å². The van der Waals surface area contributed by atoms with E-state index in [0.29, 0.717) is 6.42 Å². The van der Waals surface area contributed by atoms with Crippen LogP contribution in [0.5, 0.6) is 0 Å². The maximum atomic E-state index is 10.8. The van der Waals surface area contributed by atoms with Gasteiger partial charge in [-0.15, -0.1) is 0 Å². The highest BCUT2D eigenvalue weighted by atomic mass is 16.4. The molecular weight excluding hydrogens is 160 g/mol. The number of carboxylic acid groups (broad SMARTS) is 1. The number of carboxylic acids is 1. The van der Waals surface area contributed by atoms with Crippen molar-refractivity contribution in [2.24, 2.45) is 5.73 Å². The molecule has 0 rings (SSSR count). The van der Waals surface area contributed by atoms with Gasteiger partial charge in [-0.2, -0.15) is 0 Å². The largest absolute Gasteiger partial charge is 0.480 e. The van der Waals surface area contributed by atoms with E-state index in [1.54, 1.807) is 6.92 Å². The molecule has 70 valence electrons. The van der Waals surface area contributed by atoms with E-state index >= 15 is 0 Å². The molecule has 0 spiro atoms. The zero-order valence-electron chi connectivity index (χ0n) is 7.04. The van der Waals surface area contributed by atoms with E-state index in [0.717, 1.165) is 0 Å². The quantitative estimate of drug-likeness (QED) is 0.514. The van der Waals surface area contributed by atoms with Crippen molar-refractivity contribution >= 4 is 11.9 Å². The second-order valence-electron chi connectivity index (χ2n) is 2.69. The van der Waals surface area contributed by atoms with Crippen molar-refractivity contribution in [1.29, 1.82) is 0 Å². The molecule has 0 aromatic carbocycles. The lowest BCUT2D eigenvalue weighted by Crippen LogP contribution is -2.30. The van der Waals surface area contributed by atoms with Crippen LogP contribution in [0.4, 0.5) is 0 Å². The monoisotopic (exact) mass is 174 g/mol. The molecule has 0 aromatic heterocycles. The van der Waals surface area contributed by atoms with Crippen molar-refractivity contribution in [1.82, 2.24) is 5.32 Å². The normalized spacial score (nSPS) is 12.2. The molecule has 0 heterocycles. The van der Waals surface area contributed by atoms with Crippen molar-refractivity contribution < 1.29 is 14.7 Å². The standard InChI is InChI=1S/C7H14N2O3/c1-5(8)2-3-6(10)9-4-7(11)12/h5H,2-4,8H2,1H3,(H,9,10)(H,11,12). The zero-order valence-corrected chi connectivity index (χ0v) is 7.04. The van der Waals surface area contributed by atoms with E-state index in [1.165, 1.54) is 0 Å². The number of nitrogens with two attached hydrogens (primary N) is 1. The topological polar surface area (TPSA) is 92.4 Å². The lowest BCUT2D eigenvalue weighted by Gasteiger charge is -2.04. The Hall–Kier alpha value is -1.10. The third-order valence-corrected chi connectivity index (χ3v) is 1.26. The highest BCUT2D eigenvalue weighted by Crippen LogP contribution is 1.92. The van der Waals surface area contributed by atoms with Gasteiger partial charge >= 0.3 is 5.97 Å². The Balaban J connectivity index is 3.40. The van der Waals surface area contributed by atoms with Crippen LogP contribution in [0.25, 0.3) is 0 Å². The van der Waals surface area contributed by atoms with Gasteiger partial charge in [0.2, 0.25) is 5.91 Å². The number of carbonyl (C=O) groups excluding carboxylic acids is 1. The second-order valence-corrected chi connectivity index (χ2v) is 2.69. The minimum atomic E-state index is -1.04. The van der Waals surface area contributed by atoms with Gasteiger partial charge in [0, 0.05) is 12.5 Å². The minimum absolute atomic E-state index is 0.0272. The summed E-state index contributed by atoms with van der Waals surface area (Å²) in [6.45, 7) is 1.47. The Morgan fingerprint density at radius 2 is 2.17 bits per heavy atom. The Morgan fingerprint density at radius 1 is 1.58 bits per heavy atom. The third kappa shape index (κ3) is 7.01. The average molecular weight is 174 g/mol. The van der Waals surface area contributed by atoms with Crippen LogP contribution in [0.1, 0.15) is 19.8 Å². The van der Waals surface area contributed by atoms with Crippen molar-refractivity contribution in [3.05, 3.63) is 0 Å². The fourth-order valence-electron chi connectivity index (χ4n) is 0.621. The Morgan fingerprint density at radius 3 is 2.58 bits per heavy atom. The molecule has 0 aromatic rings. The Kier molecular flexibility index (Phi) is 5.03. The summed E-state index contributed by atoms with van der Waals surface area (Å²) in [6.07, 6.45) is 0.858. The molecule has 0 aliphatic rings. The number of hydrogen-bond acceptors (Lipinski definition) is 3. The van der Waals surface area contributed by atoms with Crippen LogP contribution in [0.2, 0.25) is 0 Å². The molecule has 5 nitrogen and oxygen atoms in total. The highest BCUT2D eigenvalue weighted by Gasteiger charge is 2.04. The number of amides is 1. The van der Waals surface area contributed by atoms with E-state index in [4.69, 9.17) is 10.8 Å². The van der Waals surface area contributed by atoms with Crippen LogP contribution in [-0.2, 0) is 9.59 Å². The average Bonchev–Trinajstić information content (AvgIpc) is 1.96. The number of hydrogen-bond donors (Lipinski definition) is 3. The van der Waals surface area contributed by atoms with Crippen molar-refractivity contribution in [2.45, 2.75) is 25.8 Å². The second kappa shape index (κ2) is 5.54. The highest BCUT2D eigenvalue weighted by molar-refractivity contribution is 5.80. The fourth-order valence-corrected chi connectivity index (χ4v) is 0.621. The van der Waals surface area contributed by atoms with Crippen LogP contribution in [0, 0.1) is 0 Å². The molecule has 0 aliphatic heterocycles. The number of nitrogens with one attached hydrogen (secondary N) is 1. The first-order valence-corrected chi connectivity index (χ1v) is 3.76. The van der Waals surface area contributed by atoms with E-state index < -0.39 is 5.97 Å². The van der Waals surface area contributed by atoms with Gasteiger partial charge in [0.1, 0.15) is 6.54 Å². The minimum Gasteiger partial charge on any atom is -0.480 e. The zero-order chi connectivity index (χ0) is 9.56. The first-order valence-electron chi connectivity index (χ1n) is 3.76. The van der Waals surface area contributed by atoms with Crippen molar-refractivity contribution in [3.63, 3.8) is 0 Å². The smallest absolute Gasteiger partial charge is 0.322 e. The summed E-state index contributed by atoms with van der Waals surface area (Å²) >= 11 is 0. The lowest BCUT2D eigenvalue weighted by molar-refractivity contribution is -0.137. The molecule has 12 heavy (non-hydrogen) atoms. The van der Waals surface area contributed by atoms with Gasteiger partial charge in [0.05, 0.1) is 0 Å². The maximum Gasteiger partial charge on any atom is 0.322 e. The summed E-state index contributed by atoms with van der Waals surface area (Å²) in [5.41, 5.74) is 5.40. The number of aliphatic carboxylic acids is 1. The molecule has 4 N–H and O–H groups in total. The van der Waals surface area contributed by atoms with Crippen LogP contribution in [-0.4, -0.2) is 29.6 Å². The molecule has 0 saturated carbocycles. The van der Waals surface area contributed by atoms with Gasteiger partial charge in [-0.05, 0) is 13.3 Å². The van der Waals surface area contributed by atoms with Crippen molar-refractivity contribution in [3.8, 4) is 0 Å². The summed E-state index contributed by atoms with van der Waals surface area (Å²) in [5.74, 6) is -1.31. The summed E-state index contributed by atoms with van der Waals surface area (Å²) < 4.78 is 0. The summed E-state index contributed by atoms with van der Waals surface area (Å²) in [5, 5.41) is 10.4. The van der Waals surface area contributed by atoms with Gasteiger partial charge in [-0.25, -0.2) is 0 Å². The van der Waals surface area contributed by atoms with E-state index in [1.807, 2.05) is 0 Å². The van der Waals surface area contributed by atoms with E-state index in [2.05, 4.69) is 5.32 Å². The lowest BCUT2D eigenvalue weighted by atomic mass is 10.2. The van der Waals surface area contributed by atoms with Gasteiger partial charge in [0.25, 0.3) is 0 Å². The molecule has 0 bridgehead atoms. The van der Waals surface area contributed by atoms with Crippen molar-refractivity contribution in [2.75, 3.05) is 6.54 Å². The number of carbonyl (C=O) groups is 2. The van der Waals surface area contributed by atoms with Crippen LogP contribution >= 0.6 is 0 Å². The molecular formula is C7H14N2O3. The molecule has 5 heteroatoms. The molecule has 0 radical (unpaired) electrons. The Bertz CT molecular complexity index is 168. The van der Waals surface area contributed by atoms with Crippen LogP contribution in [0.15, 0.2) is 0 Å². The van der Waals surface area contributed by atoms with Crippen LogP contribution in [0.3, 0.4) is 0 Å². The van der Waals surface area contributed by atoms with E-state index in [-0.39, 0.29) is 24.9 Å². The predicted molar refractivity (Wildman–Crippen MR) is 43.5 cm³/mol. The third-order valence-electron chi connectivity index (χ3n) is 1.26. The molecule has 0 aliphatic carbocycles. The van der Waals surface area contributed by atoms with Gasteiger partial charge in [0.15, 0.2) is 0 Å². The SMILES string of the molecule is CC(N)CCC(=O)NCC(=O)O. The van der Waals surface area contributed by atoms with Gasteiger partial charge in [-0.3, -0.25) is 9.59 Å². The number of rotatable bonds is 5. The molecule has 1 unspecified atom stereocenters. The van der Waals surface area contributed by atoms with Gasteiger partial charge < -0.3 is 16.2 Å². The summed E-state index contributed by atoms with van der Waals surface area (Å²) in [7, 11) is 0. The summed E-state index contributed by atoms with van der Waals surface area (Å²) in [4.78, 5) is 20.8. The fraction of sp³-hybridized carbons (Fsp3) is 0.714. The predicted octanol–water partition coefficient (Wildman–Crippen LogP) is -0.685. The molecule has 0 saturated heterocycles. The molecule has 1 atom stereocenters. The Labute approximate surface area is 70.9 Å². The first kappa shape index (κ1) is 10.9. The van der Waals surface area contributed by atoms with Gasteiger partial charge in [-0.1, -0.05) is 0 Å². The summed E-state index contributed by atoms with van der Waals surface area (Å²) in [6, 6.07) is -0.0272. The first-order chi connectivity index (χ1) is 5.52. The van der Waals surface area contributed by atoms with Crippen LogP contribution < -0.4 is 11.1 Å². The molecule has 0 fully saturated rings.